The van der Waals surface area contributed by atoms with Gasteiger partial charge in [-0.25, -0.2) is 0 Å². The third kappa shape index (κ3) is 5.50. The van der Waals surface area contributed by atoms with Gasteiger partial charge < -0.3 is 5.32 Å². The Hall–Kier alpha value is -3.06. The summed E-state index contributed by atoms with van der Waals surface area (Å²) in [5.74, 6) is 0. The van der Waals surface area contributed by atoms with Gasteiger partial charge in [-0.15, -0.1) is 0 Å². The first-order chi connectivity index (χ1) is 12.3. The molecule has 0 saturated carbocycles. The zero-order valence-corrected chi connectivity index (χ0v) is 14.9. The van der Waals surface area contributed by atoms with E-state index in [2.05, 4.69) is 66.5 Å². The van der Waals surface area contributed by atoms with Crippen LogP contribution in [0, 0.1) is 0 Å². The molecule has 2 aromatic carbocycles. The second-order valence-electron chi connectivity index (χ2n) is 5.52. The van der Waals surface area contributed by atoms with Crippen molar-refractivity contribution in [2.24, 2.45) is 0 Å². The Kier molecular flexibility index (Phi) is 7.27. The first-order valence-corrected chi connectivity index (χ1v) is 8.49. The number of rotatable bonds is 7. The fourth-order valence-corrected chi connectivity index (χ4v) is 2.50. The SMILES string of the molecule is C=C/C=C(\C=C/NC(/C=C\C)=C/C)c1ccc(-c2ccccc2)cc1. The average Bonchev–Trinajstić information content (AvgIpc) is 2.67. The first-order valence-electron chi connectivity index (χ1n) is 8.49. The van der Waals surface area contributed by atoms with Crippen molar-refractivity contribution in [3.05, 3.63) is 115 Å². The maximum Gasteiger partial charge on any atom is 0.0333 e. The Balaban J connectivity index is 2.18. The van der Waals surface area contributed by atoms with Crippen molar-refractivity contribution < 1.29 is 0 Å². The number of allylic oxidation sites excluding steroid dienone is 7. The van der Waals surface area contributed by atoms with E-state index in [1.807, 2.05) is 56.5 Å². The summed E-state index contributed by atoms with van der Waals surface area (Å²) in [4.78, 5) is 0. The predicted octanol–water partition coefficient (Wildman–Crippen LogP) is 6.51. The smallest absolute Gasteiger partial charge is 0.0333 e. The minimum absolute atomic E-state index is 1.07. The molecular weight excluding hydrogens is 302 g/mol. The zero-order valence-electron chi connectivity index (χ0n) is 14.9. The second-order valence-corrected chi connectivity index (χ2v) is 5.52. The van der Waals surface area contributed by atoms with Gasteiger partial charge in [-0.1, -0.05) is 85.5 Å². The molecule has 0 spiro atoms. The summed E-state index contributed by atoms with van der Waals surface area (Å²) < 4.78 is 0. The van der Waals surface area contributed by atoms with Crippen LogP contribution in [0.25, 0.3) is 16.7 Å². The maximum atomic E-state index is 3.83. The summed E-state index contributed by atoms with van der Waals surface area (Å²) in [5, 5.41) is 3.28. The van der Waals surface area contributed by atoms with Crippen molar-refractivity contribution in [1.29, 1.82) is 0 Å². The van der Waals surface area contributed by atoms with Crippen molar-refractivity contribution in [2.45, 2.75) is 13.8 Å². The highest BCUT2D eigenvalue weighted by atomic mass is 14.8. The average molecular weight is 327 g/mol. The van der Waals surface area contributed by atoms with E-state index in [0.29, 0.717) is 0 Å². The van der Waals surface area contributed by atoms with E-state index in [1.165, 1.54) is 11.1 Å². The topological polar surface area (TPSA) is 12.0 Å². The Morgan fingerprint density at radius 1 is 0.880 bits per heavy atom. The van der Waals surface area contributed by atoms with Crippen LogP contribution < -0.4 is 5.32 Å². The van der Waals surface area contributed by atoms with Gasteiger partial charge in [0.15, 0.2) is 0 Å². The summed E-state index contributed by atoms with van der Waals surface area (Å²) in [5.41, 5.74) is 5.78. The van der Waals surface area contributed by atoms with Crippen LogP contribution in [0.5, 0.6) is 0 Å². The fourth-order valence-electron chi connectivity index (χ4n) is 2.50. The summed E-state index contributed by atoms with van der Waals surface area (Å²) in [6.45, 7) is 7.85. The van der Waals surface area contributed by atoms with E-state index in [1.54, 1.807) is 0 Å². The van der Waals surface area contributed by atoms with Crippen molar-refractivity contribution in [1.82, 2.24) is 5.32 Å². The molecule has 0 saturated heterocycles. The molecule has 126 valence electrons. The molecule has 0 atom stereocenters. The lowest BCUT2D eigenvalue weighted by Crippen LogP contribution is -2.01. The van der Waals surface area contributed by atoms with Gasteiger partial charge in [-0.3, -0.25) is 0 Å². The van der Waals surface area contributed by atoms with Crippen LogP contribution in [-0.2, 0) is 0 Å². The maximum absolute atomic E-state index is 3.83. The molecule has 2 aromatic rings. The molecule has 25 heavy (non-hydrogen) atoms. The Labute approximate surface area is 151 Å². The van der Waals surface area contributed by atoms with Gasteiger partial charge in [-0.05, 0) is 48.3 Å². The molecule has 0 amide bonds. The molecule has 1 nitrogen and oxygen atoms in total. The van der Waals surface area contributed by atoms with Crippen LogP contribution in [0.2, 0.25) is 0 Å². The van der Waals surface area contributed by atoms with Gasteiger partial charge in [0.1, 0.15) is 0 Å². The number of hydrogen-bond donors (Lipinski definition) is 1. The molecule has 1 N–H and O–H groups in total. The van der Waals surface area contributed by atoms with Crippen LogP contribution in [0.3, 0.4) is 0 Å². The normalized spacial score (nSPS) is 12.7. The van der Waals surface area contributed by atoms with Crippen molar-refractivity contribution >= 4 is 5.57 Å². The minimum Gasteiger partial charge on any atom is -0.362 e. The van der Waals surface area contributed by atoms with Crippen LogP contribution in [0.15, 0.2) is 110 Å². The van der Waals surface area contributed by atoms with Gasteiger partial charge in [-0.2, -0.15) is 0 Å². The largest absolute Gasteiger partial charge is 0.362 e. The quantitative estimate of drug-likeness (QED) is 0.572. The number of benzene rings is 2. The van der Waals surface area contributed by atoms with E-state index >= 15 is 0 Å². The van der Waals surface area contributed by atoms with Gasteiger partial charge in [0, 0.05) is 11.9 Å². The van der Waals surface area contributed by atoms with E-state index < -0.39 is 0 Å². The van der Waals surface area contributed by atoms with Gasteiger partial charge in [0.2, 0.25) is 0 Å². The lowest BCUT2D eigenvalue weighted by Gasteiger charge is -2.06. The minimum atomic E-state index is 1.07. The molecule has 0 aliphatic heterocycles. The second kappa shape index (κ2) is 9.94. The van der Waals surface area contributed by atoms with Crippen molar-refractivity contribution in [3.63, 3.8) is 0 Å². The van der Waals surface area contributed by atoms with Crippen LogP contribution >= 0.6 is 0 Å². The standard InChI is InChI=1S/C24H25N/c1-4-10-20(18-19-25-24(6-3)11-5-2)22-14-16-23(17-15-22)21-12-8-7-9-13-21/h4-19,25H,1H2,2-3H3/b11-5-,19-18-,20-10+,24-6+. The summed E-state index contributed by atoms with van der Waals surface area (Å²) in [6, 6.07) is 19.0. The molecule has 0 bridgehead atoms. The Bertz CT molecular complexity index is 788. The molecule has 0 unspecified atom stereocenters. The van der Waals surface area contributed by atoms with E-state index in [9.17, 15) is 0 Å². The molecule has 0 fully saturated rings. The molecule has 0 radical (unpaired) electrons. The summed E-state index contributed by atoms with van der Waals surface area (Å²) >= 11 is 0. The van der Waals surface area contributed by atoms with Gasteiger partial charge in [0.25, 0.3) is 0 Å². The Morgan fingerprint density at radius 3 is 2.16 bits per heavy atom. The monoisotopic (exact) mass is 327 g/mol. The lowest BCUT2D eigenvalue weighted by molar-refractivity contribution is 1.10. The summed E-state index contributed by atoms with van der Waals surface area (Å²) in [6.07, 6.45) is 13.9. The predicted molar refractivity (Wildman–Crippen MR) is 111 cm³/mol. The van der Waals surface area contributed by atoms with E-state index in [0.717, 1.165) is 16.8 Å². The first kappa shape index (κ1) is 18.3. The molecule has 0 aromatic heterocycles. The van der Waals surface area contributed by atoms with Gasteiger partial charge >= 0.3 is 0 Å². The van der Waals surface area contributed by atoms with E-state index in [4.69, 9.17) is 0 Å². The van der Waals surface area contributed by atoms with Crippen molar-refractivity contribution in [3.8, 4) is 11.1 Å². The zero-order chi connectivity index (χ0) is 17.9. The van der Waals surface area contributed by atoms with Crippen LogP contribution in [0.4, 0.5) is 0 Å². The molecule has 1 heteroatoms. The Morgan fingerprint density at radius 2 is 1.56 bits per heavy atom. The molecule has 0 aliphatic rings. The highest BCUT2D eigenvalue weighted by Gasteiger charge is 2.00. The summed E-state index contributed by atoms with van der Waals surface area (Å²) in [7, 11) is 0. The fraction of sp³-hybridized carbons (Fsp3) is 0.0833. The molecule has 0 heterocycles. The van der Waals surface area contributed by atoms with Crippen LogP contribution in [-0.4, -0.2) is 0 Å². The third-order valence-electron chi connectivity index (χ3n) is 3.79. The van der Waals surface area contributed by atoms with Crippen molar-refractivity contribution in [2.75, 3.05) is 0 Å². The van der Waals surface area contributed by atoms with Crippen LogP contribution in [0.1, 0.15) is 19.4 Å². The highest BCUT2D eigenvalue weighted by Crippen LogP contribution is 2.23. The van der Waals surface area contributed by atoms with Gasteiger partial charge in [0.05, 0.1) is 0 Å². The molecule has 2 rings (SSSR count). The number of nitrogens with one attached hydrogen (secondary N) is 1. The van der Waals surface area contributed by atoms with E-state index in [-0.39, 0.29) is 0 Å². The highest BCUT2D eigenvalue weighted by molar-refractivity contribution is 5.77. The number of hydrogen-bond acceptors (Lipinski definition) is 1. The third-order valence-corrected chi connectivity index (χ3v) is 3.79. The molecular formula is C24H25N. The molecule has 0 aliphatic carbocycles. The lowest BCUT2D eigenvalue weighted by atomic mass is 10.00.